The molecule has 0 aromatic heterocycles. The van der Waals surface area contributed by atoms with Crippen LogP contribution in [0.3, 0.4) is 0 Å². The van der Waals surface area contributed by atoms with Crippen molar-refractivity contribution in [3.63, 3.8) is 0 Å². The molecule has 0 aromatic rings. The van der Waals surface area contributed by atoms with Crippen LogP contribution in [0.5, 0.6) is 0 Å². The highest BCUT2D eigenvalue weighted by Crippen LogP contribution is 2.37. The minimum Gasteiger partial charge on any atom is -0.484 e. The van der Waals surface area contributed by atoms with Gasteiger partial charge >= 0.3 is 6.18 Å². The van der Waals surface area contributed by atoms with E-state index in [1.54, 1.807) is 0 Å². The van der Waals surface area contributed by atoms with Gasteiger partial charge in [0.1, 0.15) is 11.8 Å². The van der Waals surface area contributed by atoms with Crippen LogP contribution in [0.1, 0.15) is 13.3 Å². The Labute approximate surface area is 71.9 Å². The van der Waals surface area contributed by atoms with Gasteiger partial charge in [-0.05, 0) is 6.92 Å². The molecule has 0 amide bonds. The Hall–Kier alpha value is -1.29. The molecule has 0 N–H and O–H groups in total. The summed E-state index contributed by atoms with van der Waals surface area (Å²) in [6.07, 6.45) is -4.12. The maximum absolute atomic E-state index is 12.1. The lowest BCUT2D eigenvalue weighted by Gasteiger charge is -2.09. The SMILES string of the molecule is CC1CC(N=C=O)=C(C(F)(F)F)O1. The zero-order chi connectivity index (χ0) is 10.1. The van der Waals surface area contributed by atoms with Crippen molar-refractivity contribution in [3.8, 4) is 0 Å². The molecule has 1 atom stereocenters. The number of hydrogen-bond acceptors (Lipinski definition) is 3. The molecule has 1 aliphatic rings. The number of aliphatic imine (C=N–C) groups is 1. The van der Waals surface area contributed by atoms with E-state index in [1.807, 2.05) is 0 Å². The van der Waals surface area contributed by atoms with Crippen molar-refractivity contribution in [2.45, 2.75) is 25.6 Å². The van der Waals surface area contributed by atoms with Crippen LogP contribution in [-0.4, -0.2) is 18.4 Å². The Morgan fingerprint density at radius 1 is 1.62 bits per heavy atom. The Morgan fingerprint density at radius 3 is 2.69 bits per heavy atom. The number of halogens is 3. The average Bonchev–Trinajstić information content (AvgIpc) is 2.30. The van der Waals surface area contributed by atoms with Gasteiger partial charge in [0, 0.05) is 6.42 Å². The van der Waals surface area contributed by atoms with E-state index < -0.39 is 18.0 Å². The van der Waals surface area contributed by atoms with Gasteiger partial charge in [0.2, 0.25) is 11.8 Å². The minimum absolute atomic E-state index is 0.00984. The predicted octanol–water partition coefficient (Wildman–Crippen LogP) is 1.90. The van der Waals surface area contributed by atoms with Crippen LogP contribution in [0.2, 0.25) is 0 Å². The second-order valence-electron chi connectivity index (χ2n) is 2.61. The molecule has 0 saturated heterocycles. The third kappa shape index (κ3) is 2.09. The highest BCUT2D eigenvalue weighted by Gasteiger charge is 2.43. The molecule has 72 valence electrons. The summed E-state index contributed by atoms with van der Waals surface area (Å²) in [5, 5.41) is 0. The molecule has 0 aliphatic carbocycles. The number of allylic oxidation sites excluding steroid dienone is 1. The van der Waals surface area contributed by atoms with Gasteiger partial charge in [0.25, 0.3) is 0 Å². The largest absolute Gasteiger partial charge is 0.484 e. The van der Waals surface area contributed by atoms with Gasteiger partial charge in [-0.3, -0.25) is 0 Å². The van der Waals surface area contributed by atoms with Gasteiger partial charge in [0.15, 0.2) is 0 Å². The fourth-order valence-corrected chi connectivity index (χ4v) is 1.06. The van der Waals surface area contributed by atoms with E-state index in [4.69, 9.17) is 0 Å². The molecule has 6 heteroatoms. The van der Waals surface area contributed by atoms with Gasteiger partial charge < -0.3 is 4.74 Å². The van der Waals surface area contributed by atoms with E-state index in [0.717, 1.165) is 6.08 Å². The van der Waals surface area contributed by atoms with E-state index in [1.165, 1.54) is 6.92 Å². The van der Waals surface area contributed by atoms with Gasteiger partial charge in [-0.25, -0.2) is 4.79 Å². The Balaban J connectivity index is 3.01. The summed E-state index contributed by atoms with van der Waals surface area (Å²) in [4.78, 5) is 12.7. The van der Waals surface area contributed by atoms with E-state index in [0.29, 0.717) is 0 Å². The molecular weight excluding hydrogens is 187 g/mol. The third-order valence-electron chi connectivity index (χ3n) is 1.50. The lowest BCUT2D eigenvalue weighted by molar-refractivity contribution is -0.133. The van der Waals surface area contributed by atoms with Gasteiger partial charge in [-0.15, -0.1) is 0 Å². The van der Waals surface area contributed by atoms with E-state index >= 15 is 0 Å². The smallest absolute Gasteiger partial charge is 0.450 e. The monoisotopic (exact) mass is 193 g/mol. The molecular formula is C7H6F3NO2. The summed E-state index contributed by atoms with van der Waals surface area (Å²) < 4.78 is 40.9. The number of rotatable bonds is 1. The minimum atomic E-state index is -4.58. The standard InChI is InChI=1S/C7H6F3NO2/c1-4-2-5(11-3-12)6(13-4)7(8,9)10/h4H,2H2,1H3. The molecule has 0 fully saturated rings. The number of alkyl halides is 3. The van der Waals surface area contributed by atoms with Gasteiger partial charge in [-0.1, -0.05) is 0 Å². The molecule has 13 heavy (non-hydrogen) atoms. The average molecular weight is 193 g/mol. The molecule has 0 saturated carbocycles. The highest BCUT2D eigenvalue weighted by molar-refractivity contribution is 5.38. The van der Waals surface area contributed by atoms with Crippen molar-refractivity contribution in [2.24, 2.45) is 4.99 Å². The Morgan fingerprint density at radius 2 is 2.23 bits per heavy atom. The lowest BCUT2D eigenvalue weighted by Crippen LogP contribution is -2.14. The first-order valence-electron chi connectivity index (χ1n) is 3.50. The third-order valence-corrected chi connectivity index (χ3v) is 1.50. The van der Waals surface area contributed by atoms with Crippen LogP contribution in [0.4, 0.5) is 13.2 Å². The molecule has 0 radical (unpaired) electrons. The molecule has 0 spiro atoms. The fourth-order valence-electron chi connectivity index (χ4n) is 1.06. The van der Waals surface area contributed by atoms with Crippen LogP contribution in [0.25, 0.3) is 0 Å². The molecule has 0 bridgehead atoms. The normalized spacial score (nSPS) is 22.6. The van der Waals surface area contributed by atoms with Crippen LogP contribution in [0, 0.1) is 0 Å². The van der Waals surface area contributed by atoms with E-state index in [9.17, 15) is 18.0 Å². The second kappa shape index (κ2) is 3.22. The number of isocyanates is 1. The second-order valence-corrected chi connectivity index (χ2v) is 2.61. The van der Waals surface area contributed by atoms with Crippen molar-refractivity contribution in [1.82, 2.24) is 0 Å². The molecule has 1 unspecified atom stereocenters. The number of carbonyl (C=O) groups excluding carboxylic acids is 1. The molecule has 3 nitrogen and oxygen atoms in total. The summed E-state index contributed by atoms with van der Waals surface area (Å²) >= 11 is 0. The first-order valence-corrected chi connectivity index (χ1v) is 3.50. The Kier molecular flexibility index (Phi) is 2.43. The van der Waals surface area contributed by atoms with Crippen molar-refractivity contribution in [1.29, 1.82) is 0 Å². The molecule has 0 aromatic carbocycles. The summed E-state index contributed by atoms with van der Waals surface area (Å²) in [6.45, 7) is 1.47. The first-order chi connectivity index (χ1) is 5.95. The van der Waals surface area contributed by atoms with Gasteiger partial charge in [-0.2, -0.15) is 18.2 Å². The Bertz CT molecular complexity index is 289. The summed E-state index contributed by atoms with van der Waals surface area (Å²) in [5.74, 6) is -1.18. The molecule has 1 heterocycles. The fraction of sp³-hybridized carbons (Fsp3) is 0.571. The van der Waals surface area contributed by atoms with Crippen LogP contribution >= 0.6 is 0 Å². The summed E-state index contributed by atoms with van der Waals surface area (Å²) in [5.41, 5.74) is -0.380. The number of nitrogens with zero attached hydrogens (tertiary/aromatic N) is 1. The van der Waals surface area contributed by atoms with E-state index in [-0.39, 0.29) is 12.1 Å². The lowest BCUT2D eigenvalue weighted by atomic mass is 10.2. The van der Waals surface area contributed by atoms with Crippen molar-refractivity contribution < 1.29 is 22.7 Å². The van der Waals surface area contributed by atoms with Crippen molar-refractivity contribution in [3.05, 3.63) is 11.5 Å². The van der Waals surface area contributed by atoms with Crippen LogP contribution in [-0.2, 0) is 9.53 Å². The summed E-state index contributed by atoms with van der Waals surface area (Å²) in [6, 6.07) is 0. The quantitative estimate of drug-likeness (QED) is 0.471. The zero-order valence-electron chi connectivity index (χ0n) is 6.68. The molecule has 1 aliphatic heterocycles. The van der Waals surface area contributed by atoms with Crippen molar-refractivity contribution in [2.75, 3.05) is 0 Å². The van der Waals surface area contributed by atoms with Crippen molar-refractivity contribution >= 4 is 6.08 Å². The van der Waals surface area contributed by atoms with Crippen LogP contribution < -0.4 is 0 Å². The van der Waals surface area contributed by atoms with Crippen LogP contribution in [0.15, 0.2) is 16.4 Å². The predicted molar refractivity (Wildman–Crippen MR) is 36.4 cm³/mol. The number of hydrogen-bond donors (Lipinski definition) is 0. The summed E-state index contributed by atoms with van der Waals surface area (Å²) in [7, 11) is 0. The highest BCUT2D eigenvalue weighted by atomic mass is 19.4. The topological polar surface area (TPSA) is 38.7 Å². The maximum Gasteiger partial charge on any atom is 0.450 e. The van der Waals surface area contributed by atoms with E-state index in [2.05, 4.69) is 9.73 Å². The number of ether oxygens (including phenoxy) is 1. The zero-order valence-corrected chi connectivity index (χ0v) is 6.68. The first kappa shape index (κ1) is 9.80. The van der Waals surface area contributed by atoms with Gasteiger partial charge in [0.05, 0.1) is 0 Å². The molecule has 1 rings (SSSR count). The maximum atomic E-state index is 12.1.